The van der Waals surface area contributed by atoms with Crippen LogP contribution in [0.4, 0.5) is 0 Å². The van der Waals surface area contributed by atoms with Crippen LogP contribution in [-0.2, 0) is 0 Å². The summed E-state index contributed by atoms with van der Waals surface area (Å²) < 4.78 is 6.80. The number of hydrogen-bond donors (Lipinski definition) is 0. The van der Waals surface area contributed by atoms with Gasteiger partial charge in [0.2, 0.25) is 0 Å². The van der Waals surface area contributed by atoms with Gasteiger partial charge in [-0.3, -0.25) is 0 Å². The average molecular weight is 210 g/mol. The van der Waals surface area contributed by atoms with E-state index in [-0.39, 0.29) is 0 Å². The van der Waals surface area contributed by atoms with Gasteiger partial charge < -0.3 is 4.42 Å². The fraction of sp³-hybridized carbons (Fsp3) is 0. The smallest absolute Gasteiger partial charge is 0.173 e. The topological polar surface area (TPSA) is 67.1 Å². The molecule has 3 heterocycles. The molecule has 0 amide bonds. The molecule has 0 aliphatic rings. The maximum Gasteiger partial charge on any atom is 0.173 e. The van der Waals surface area contributed by atoms with Crippen molar-refractivity contribution in [1.82, 2.24) is 14.6 Å². The quantitative estimate of drug-likeness (QED) is 0.614. The standard InChI is InChI=1S/C11H6N4O/c12-7-8-10(9-3-1-6-16-9)14-15-5-2-4-13-11(8)15/h1-6H. The van der Waals surface area contributed by atoms with Gasteiger partial charge >= 0.3 is 0 Å². The monoisotopic (exact) mass is 210 g/mol. The van der Waals surface area contributed by atoms with Crippen molar-refractivity contribution in [2.75, 3.05) is 0 Å². The summed E-state index contributed by atoms with van der Waals surface area (Å²) in [4.78, 5) is 4.12. The number of nitrogens with zero attached hydrogens (tertiary/aromatic N) is 4. The normalized spacial score (nSPS) is 10.4. The molecule has 0 fully saturated rings. The van der Waals surface area contributed by atoms with E-state index in [1.54, 1.807) is 41.4 Å². The Labute approximate surface area is 90.6 Å². The van der Waals surface area contributed by atoms with Crippen LogP contribution >= 0.6 is 0 Å². The van der Waals surface area contributed by atoms with Crippen molar-refractivity contribution in [2.24, 2.45) is 0 Å². The van der Waals surface area contributed by atoms with E-state index in [0.717, 1.165) is 0 Å². The average Bonchev–Trinajstić information content (AvgIpc) is 2.95. The Kier molecular flexibility index (Phi) is 1.74. The number of hydrogen-bond acceptors (Lipinski definition) is 4. The zero-order valence-corrected chi connectivity index (χ0v) is 8.16. The lowest BCUT2D eigenvalue weighted by molar-refractivity contribution is 0.579. The third kappa shape index (κ3) is 1.10. The molecule has 0 saturated carbocycles. The second-order valence-electron chi connectivity index (χ2n) is 3.20. The van der Waals surface area contributed by atoms with E-state index in [4.69, 9.17) is 9.68 Å². The predicted octanol–water partition coefficient (Wildman–Crippen LogP) is 1.86. The highest BCUT2D eigenvalue weighted by atomic mass is 16.3. The van der Waals surface area contributed by atoms with Gasteiger partial charge in [0.15, 0.2) is 11.4 Å². The largest absolute Gasteiger partial charge is 0.463 e. The fourth-order valence-electron chi connectivity index (χ4n) is 1.58. The van der Waals surface area contributed by atoms with Crippen molar-refractivity contribution < 1.29 is 4.42 Å². The van der Waals surface area contributed by atoms with E-state index < -0.39 is 0 Å². The lowest BCUT2D eigenvalue weighted by Crippen LogP contribution is -1.87. The molecule has 0 radical (unpaired) electrons. The summed E-state index contributed by atoms with van der Waals surface area (Å²) in [5.74, 6) is 0.571. The fourth-order valence-corrected chi connectivity index (χ4v) is 1.58. The minimum Gasteiger partial charge on any atom is -0.463 e. The van der Waals surface area contributed by atoms with Crippen molar-refractivity contribution in [2.45, 2.75) is 0 Å². The summed E-state index contributed by atoms with van der Waals surface area (Å²) in [6.07, 6.45) is 4.92. The SMILES string of the molecule is N#Cc1c(-c2ccco2)nn2cccnc12. The van der Waals surface area contributed by atoms with Crippen LogP contribution in [0.5, 0.6) is 0 Å². The third-order valence-electron chi connectivity index (χ3n) is 2.26. The molecule has 3 rings (SSSR count). The van der Waals surface area contributed by atoms with Gasteiger partial charge in [-0.25, -0.2) is 9.50 Å². The van der Waals surface area contributed by atoms with Gasteiger partial charge in [0.25, 0.3) is 0 Å². The van der Waals surface area contributed by atoms with Crippen LogP contribution in [0.2, 0.25) is 0 Å². The summed E-state index contributed by atoms with van der Waals surface area (Å²) in [6, 6.07) is 7.38. The van der Waals surface area contributed by atoms with Crippen LogP contribution in [-0.4, -0.2) is 14.6 Å². The van der Waals surface area contributed by atoms with Crippen LogP contribution in [0, 0.1) is 11.3 Å². The van der Waals surface area contributed by atoms with Crippen LogP contribution in [0.25, 0.3) is 17.1 Å². The Morgan fingerprint density at radius 2 is 2.31 bits per heavy atom. The maximum atomic E-state index is 9.12. The van der Waals surface area contributed by atoms with Gasteiger partial charge in [-0.1, -0.05) is 0 Å². The molecule has 0 unspecified atom stereocenters. The molecule has 0 bridgehead atoms. The van der Waals surface area contributed by atoms with Crippen molar-refractivity contribution in [3.63, 3.8) is 0 Å². The summed E-state index contributed by atoms with van der Waals surface area (Å²) >= 11 is 0. The molecule has 0 N–H and O–H groups in total. The number of nitriles is 1. The molecule has 16 heavy (non-hydrogen) atoms. The number of aromatic nitrogens is 3. The van der Waals surface area contributed by atoms with Crippen LogP contribution in [0.3, 0.4) is 0 Å². The third-order valence-corrected chi connectivity index (χ3v) is 2.26. The second-order valence-corrected chi connectivity index (χ2v) is 3.20. The zero-order valence-electron chi connectivity index (χ0n) is 8.16. The molecule has 0 atom stereocenters. The number of fused-ring (bicyclic) bond motifs is 1. The summed E-state index contributed by atoms with van der Waals surface area (Å²) in [7, 11) is 0. The minimum atomic E-state index is 0.426. The molecule has 0 saturated heterocycles. The highest BCUT2D eigenvalue weighted by Crippen LogP contribution is 2.24. The van der Waals surface area contributed by atoms with E-state index in [1.807, 2.05) is 0 Å². The molecule has 76 valence electrons. The molecule has 0 aromatic carbocycles. The van der Waals surface area contributed by atoms with Gasteiger partial charge in [0.05, 0.1) is 6.26 Å². The number of furan rings is 1. The van der Waals surface area contributed by atoms with Crippen LogP contribution in [0.1, 0.15) is 5.56 Å². The molecule has 0 spiro atoms. The van der Waals surface area contributed by atoms with Gasteiger partial charge in [-0.15, -0.1) is 0 Å². The van der Waals surface area contributed by atoms with Crippen molar-refractivity contribution in [1.29, 1.82) is 5.26 Å². The van der Waals surface area contributed by atoms with Gasteiger partial charge in [-0.05, 0) is 18.2 Å². The van der Waals surface area contributed by atoms with Crippen molar-refractivity contribution >= 4 is 5.65 Å². The van der Waals surface area contributed by atoms with E-state index in [2.05, 4.69) is 16.2 Å². The predicted molar refractivity (Wildman–Crippen MR) is 55.4 cm³/mol. The van der Waals surface area contributed by atoms with Gasteiger partial charge in [0, 0.05) is 12.4 Å². The molecule has 3 aromatic rings. The highest BCUT2D eigenvalue weighted by Gasteiger charge is 2.16. The minimum absolute atomic E-state index is 0.426. The maximum absolute atomic E-state index is 9.12. The summed E-state index contributed by atoms with van der Waals surface area (Å²) in [5.41, 5.74) is 1.48. The Bertz CT molecular complexity index is 676. The van der Waals surface area contributed by atoms with Gasteiger partial charge in [0.1, 0.15) is 17.3 Å². The summed E-state index contributed by atoms with van der Waals surface area (Å²) in [6.45, 7) is 0. The zero-order chi connectivity index (χ0) is 11.0. The van der Waals surface area contributed by atoms with Crippen LogP contribution < -0.4 is 0 Å². The lowest BCUT2D eigenvalue weighted by atomic mass is 10.2. The molecule has 5 nitrogen and oxygen atoms in total. The lowest BCUT2D eigenvalue weighted by Gasteiger charge is -1.87. The van der Waals surface area contributed by atoms with Crippen molar-refractivity contribution in [3.05, 3.63) is 42.4 Å². The van der Waals surface area contributed by atoms with E-state index in [0.29, 0.717) is 22.7 Å². The molecule has 5 heteroatoms. The Morgan fingerprint density at radius 1 is 1.38 bits per heavy atom. The molecule has 0 aliphatic heterocycles. The Balaban J connectivity index is 2.38. The molecule has 3 aromatic heterocycles. The first kappa shape index (κ1) is 8.68. The second kappa shape index (κ2) is 3.21. The van der Waals surface area contributed by atoms with E-state index in [1.165, 1.54) is 0 Å². The first-order valence-corrected chi connectivity index (χ1v) is 4.67. The van der Waals surface area contributed by atoms with Crippen LogP contribution in [0.15, 0.2) is 41.3 Å². The molecular formula is C11H6N4O. The highest BCUT2D eigenvalue weighted by molar-refractivity contribution is 5.71. The first-order valence-electron chi connectivity index (χ1n) is 4.67. The Hall–Kier alpha value is -2.61. The molecular weight excluding hydrogens is 204 g/mol. The number of rotatable bonds is 1. The van der Waals surface area contributed by atoms with E-state index >= 15 is 0 Å². The summed E-state index contributed by atoms with van der Waals surface area (Å²) in [5, 5.41) is 13.4. The van der Waals surface area contributed by atoms with Crippen molar-refractivity contribution in [3.8, 4) is 17.5 Å². The molecule has 0 aliphatic carbocycles. The van der Waals surface area contributed by atoms with E-state index in [9.17, 15) is 0 Å². The van der Waals surface area contributed by atoms with Gasteiger partial charge in [-0.2, -0.15) is 10.4 Å². The first-order chi connectivity index (χ1) is 7.90. The Morgan fingerprint density at radius 3 is 3.06 bits per heavy atom.